The van der Waals surface area contributed by atoms with Crippen LogP contribution in [0.5, 0.6) is 0 Å². The number of amides is 2. The topological polar surface area (TPSA) is 61.4 Å². The Kier molecular flexibility index (Phi) is 6.12. The third kappa shape index (κ3) is 5.33. The van der Waals surface area contributed by atoms with Gasteiger partial charge in [-0.25, -0.2) is 0 Å². The van der Waals surface area contributed by atoms with Gasteiger partial charge < -0.3 is 15.5 Å². The van der Waals surface area contributed by atoms with Crippen molar-refractivity contribution < 1.29 is 9.59 Å². The summed E-state index contributed by atoms with van der Waals surface area (Å²) in [6.07, 6.45) is 2.12. The highest BCUT2D eigenvalue weighted by atomic mass is 16.2. The van der Waals surface area contributed by atoms with Crippen LogP contribution in [0.1, 0.15) is 35.7 Å². The Morgan fingerprint density at radius 1 is 1.04 bits per heavy atom. The zero-order valence-corrected chi connectivity index (χ0v) is 16.0. The molecule has 0 atom stereocenters. The number of nitrogens with zero attached hydrogens (tertiary/aromatic N) is 1. The lowest BCUT2D eigenvalue weighted by Crippen LogP contribution is -2.37. The molecule has 0 bridgehead atoms. The van der Waals surface area contributed by atoms with Crippen LogP contribution in [0.15, 0.2) is 48.5 Å². The zero-order chi connectivity index (χ0) is 19.2. The first-order chi connectivity index (χ1) is 13.0. The molecule has 0 radical (unpaired) electrons. The Bertz CT molecular complexity index is 811. The molecule has 2 aromatic carbocycles. The van der Waals surface area contributed by atoms with Crippen LogP contribution in [0.4, 0.5) is 11.4 Å². The average Bonchev–Trinajstić information content (AvgIpc) is 2.67. The van der Waals surface area contributed by atoms with E-state index in [9.17, 15) is 9.59 Å². The SMILES string of the molecule is Cc1cccc(NC(=O)CNc2cccc(C(=O)N3CCC(C)CC3)c2)c1. The Balaban J connectivity index is 1.55. The molecule has 2 amide bonds. The minimum Gasteiger partial charge on any atom is -0.376 e. The summed E-state index contributed by atoms with van der Waals surface area (Å²) in [4.78, 5) is 26.8. The van der Waals surface area contributed by atoms with E-state index in [2.05, 4.69) is 17.6 Å². The van der Waals surface area contributed by atoms with Gasteiger partial charge in [0.05, 0.1) is 6.54 Å². The summed E-state index contributed by atoms with van der Waals surface area (Å²) in [6, 6.07) is 15.1. The van der Waals surface area contributed by atoms with Gasteiger partial charge in [-0.15, -0.1) is 0 Å². The van der Waals surface area contributed by atoms with Gasteiger partial charge in [-0.1, -0.05) is 25.1 Å². The summed E-state index contributed by atoms with van der Waals surface area (Å²) in [7, 11) is 0. The van der Waals surface area contributed by atoms with Gasteiger partial charge in [-0.05, 0) is 61.6 Å². The summed E-state index contributed by atoms with van der Waals surface area (Å²) in [5, 5.41) is 5.97. The minimum absolute atomic E-state index is 0.0646. The number of carbonyl (C=O) groups excluding carboxylic acids is 2. The molecule has 1 saturated heterocycles. The van der Waals surface area contributed by atoms with E-state index in [1.165, 1.54) is 0 Å². The maximum absolute atomic E-state index is 12.7. The van der Waals surface area contributed by atoms with Crippen molar-refractivity contribution >= 4 is 23.2 Å². The van der Waals surface area contributed by atoms with Crippen LogP contribution in [0.25, 0.3) is 0 Å². The van der Waals surface area contributed by atoms with Crippen molar-refractivity contribution in [2.24, 2.45) is 5.92 Å². The quantitative estimate of drug-likeness (QED) is 0.844. The molecule has 1 heterocycles. The molecule has 1 aliphatic rings. The summed E-state index contributed by atoms with van der Waals surface area (Å²) >= 11 is 0. The lowest BCUT2D eigenvalue weighted by molar-refractivity contribution is -0.114. The first-order valence-electron chi connectivity index (χ1n) is 9.51. The molecule has 2 aromatic rings. The number of carbonyl (C=O) groups is 2. The van der Waals surface area contributed by atoms with Crippen molar-refractivity contribution in [3.63, 3.8) is 0 Å². The Labute approximate surface area is 160 Å². The lowest BCUT2D eigenvalue weighted by atomic mass is 9.98. The van der Waals surface area contributed by atoms with Crippen molar-refractivity contribution in [1.29, 1.82) is 0 Å². The number of hydrogen-bond acceptors (Lipinski definition) is 3. The number of aryl methyl sites for hydroxylation is 1. The van der Waals surface area contributed by atoms with Gasteiger partial charge in [0.15, 0.2) is 0 Å². The smallest absolute Gasteiger partial charge is 0.253 e. The van der Waals surface area contributed by atoms with Crippen LogP contribution >= 0.6 is 0 Å². The molecule has 0 aromatic heterocycles. The Morgan fingerprint density at radius 3 is 2.48 bits per heavy atom. The first-order valence-corrected chi connectivity index (χ1v) is 9.51. The van der Waals surface area contributed by atoms with E-state index in [1.54, 1.807) is 0 Å². The summed E-state index contributed by atoms with van der Waals surface area (Å²) in [6.45, 7) is 5.99. The molecule has 3 rings (SSSR count). The van der Waals surface area contributed by atoms with E-state index < -0.39 is 0 Å². The largest absolute Gasteiger partial charge is 0.376 e. The second-order valence-corrected chi connectivity index (χ2v) is 7.33. The van der Waals surface area contributed by atoms with E-state index in [-0.39, 0.29) is 18.4 Å². The fourth-order valence-electron chi connectivity index (χ4n) is 3.27. The van der Waals surface area contributed by atoms with Crippen LogP contribution < -0.4 is 10.6 Å². The van der Waals surface area contributed by atoms with E-state index in [4.69, 9.17) is 0 Å². The fourth-order valence-corrected chi connectivity index (χ4v) is 3.27. The van der Waals surface area contributed by atoms with E-state index in [1.807, 2.05) is 60.4 Å². The normalized spacial score (nSPS) is 14.7. The highest BCUT2D eigenvalue weighted by Gasteiger charge is 2.21. The highest BCUT2D eigenvalue weighted by Crippen LogP contribution is 2.19. The lowest BCUT2D eigenvalue weighted by Gasteiger charge is -2.30. The third-order valence-corrected chi connectivity index (χ3v) is 4.94. The van der Waals surface area contributed by atoms with E-state index in [0.717, 1.165) is 42.9 Å². The van der Waals surface area contributed by atoms with Crippen molar-refractivity contribution in [2.45, 2.75) is 26.7 Å². The molecule has 0 unspecified atom stereocenters. The second-order valence-electron chi connectivity index (χ2n) is 7.33. The molecule has 5 heteroatoms. The molecule has 1 aliphatic heterocycles. The number of nitrogens with one attached hydrogen (secondary N) is 2. The molecule has 27 heavy (non-hydrogen) atoms. The van der Waals surface area contributed by atoms with Crippen molar-refractivity contribution in [1.82, 2.24) is 4.90 Å². The van der Waals surface area contributed by atoms with Gasteiger partial charge in [0.1, 0.15) is 0 Å². The maximum atomic E-state index is 12.7. The molecule has 0 aliphatic carbocycles. The van der Waals surface area contributed by atoms with Crippen LogP contribution in [0, 0.1) is 12.8 Å². The van der Waals surface area contributed by atoms with Crippen LogP contribution in [0.2, 0.25) is 0 Å². The predicted octanol–water partition coefficient (Wildman–Crippen LogP) is 3.92. The van der Waals surface area contributed by atoms with Gasteiger partial charge in [0.2, 0.25) is 5.91 Å². The van der Waals surface area contributed by atoms with E-state index in [0.29, 0.717) is 11.5 Å². The number of rotatable bonds is 5. The summed E-state index contributed by atoms with van der Waals surface area (Å²) < 4.78 is 0. The molecule has 142 valence electrons. The number of benzene rings is 2. The molecular formula is C22H27N3O2. The Morgan fingerprint density at radius 2 is 1.74 bits per heavy atom. The number of likely N-dealkylation sites (tertiary alicyclic amines) is 1. The van der Waals surface area contributed by atoms with Gasteiger partial charge in [0.25, 0.3) is 5.91 Å². The second kappa shape index (κ2) is 8.71. The van der Waals surface area contributed by atoms with Crippen LogP contribution in [-0.2, 0) is 4.79 Å². The Hall–Kier alpha value is -2.82. The molecule has 0 spiro atoms. The number of piperidine rings is 1. The molecule has 1 fully saturated rings. The zero-order valence-electron chi connectivity index (χ0n) is 16.0. The van der Waals surface area contributed by atoms with Gasteiger partial charge in [0, 0.05) is 30.0 Å². The van der Waals surface area contributed by atoms with Crippen LogP contribution in [0.3, 0.4) is 0 Å². The average molecular weight is 365 g/mol. The standard InChI is InChI=1S/C22H27N3O2/c1-16-9-11-25(12-10-16)22(27)18-6-4-7-19(14-18)23-15-21(26)24-20-8-3-5-17(2)13-20/h3-8,13-14,16,23H,9-12,15H2,1-2H3,(H,24,26). The number of anilines is 2. The summed E-state index contributed by atoms with van der Waals surface area (Å²) in [5.74, 6) is 0.631. The van der Waals surface area contributed by atoms with Gasteiger partial charge in [-0.3, -0.25) is 9.59 Å². The fraction of sp³-hybridized carbons (Fsp3) is 0.364. The molecule has 2 N–H and O–H groups in total. The molecule has 0 saturated carbocycles. The monoisotopic (exact) mass is 365 g/mol. The van der Waals surface area contributed by atoms with Crippen LogP contribution in [-0.4, -0.2) is 36.3 Å². The van der Waals surface area contributed by atoms with Gasteiger partial charge >= 0.3 is 0 Å². The van der Waals surface area contributed by atoms with Crippen molar-refractivity contribution in [3.8, 4) is 0 Å². The first kappa shape index (κ1) is 19.0. The maximum Gasteiger partial charge on any atom is 0.253 e. The summed E-state index contributed by atoms with van der Waals surface area (Å²) in [5.41, 5.74) is 3.31. The van der Waals surface area contributed by atoms with Gasteiger partial charge in [-0.2, -0.15) is 0 Å². The van der Waals surface area contributed by atoms with Crippen molar-refractivity contribution in [2.75, 3.05) is 30.3 Å². The van der Waals surface area contributed by atoms with Crippen molar-refractivity contribution in [3.05, 3.63) is 59.7 Å². The minimum atomic E-state index is -0.123. The predicted molar refractivity (Wildman–Crippen MR) is 109 cm³/mol. The number of hydrogen-bond donors (Lipinski definition) is 2. The third-order valence-electron chi connectivity index (χ3n) is 4.94. The molecular weight excluding hydrogens is 338 g/mol. The molecule has 5 nitrogen and oxygen atoms in total. The van der Waals surface area contributed by atoms with E-state index >= 15 is 0 Å². The highest BCUT2D eigenvalue weighted by molar-refractivity contribution is 5.96.